The number of hydrogen-bond donors (Lipinski definition) is 1. The van der Waals surface area contributed by atoms with E-state index in [1.165, 1.54) is 57.2 Å². The Bertz CT molecular complexity index is 215. The molecule has 1 aliphatic rings. The lowest BCUT2D eigenvalue weighted by Crippen LogP contribution is -2.51. The highest BCUT2D eigenvalue weighted by Gasteiger charge is 2.38. The van der Waals surface area contributed by atoms with Gasteiger partial charge in [0.05, 0.1) is 0 Å². The molecule has 1 N–H and O–H groups in total. The third kappa shape index (κ3) is 5.13. The van der Waals surface area contributed by atoms with E-state index in [-0.39, 0.29) is 0 Å². The van der Waals surface area contributed by atoms with Gasteiger partial charge in [-0.05, 0) is 43.4 Å². The number of thioether (sulfide) groups is 1. The van der Waals surface area contributed by atoms with Crippen molar-refractivity contribution in [1.82, 2.24) is 5.32 Å². The van der Waals surface area contributed by atoms with E-state index >= 15 is 0 Å². The molecular weight excluding hydrogens is 238 g/mol. The Labute approximate surface area is 119 Å². The van der Waals surface area contributed by atoms with E-state index in [0.29, 0.717) is 5.41 Å². The van der Waals surface area contributed by atoms with Crippen LogP contribution in [0.1, 0.15) is 72.6 Å². The second-order valence-corrected chi connectivity index (χ2v) is 7.78. The summed E-state index contributed by atoms with van der Waals surface area (Å²) >= 11 is 2.24. The van der Waals surface area contributed by atoms with Crippen molar-refractivity contribution in [2.24, 2.45) is 5.41 Å². The normalized spacial score (nSPS) is 27.3. The minimum Gasteiger partial charge on any atom is -0.312 e. The Kier molecular flexibility index (Phi) is 7.70. The van der Waals surface area contributed by atoms with Crippen molar-refractivity contribution in [2.45, 2.75) is 83.9 Å². The van der Waals surface area contributed by atoms with Gasteiger partial charge in [-0.2, -0.15) is 11.8 Å². The van der Waals surface area contributed by atoms with Crippen molar-refractivity contribution >= 4 is 11.8 Å². The van der Waals surface area contributed by atoms with Crippen molar-refractivity contribution in [3.05, 3.63) is 0 Å². The predicted octanol–water partition coefficient (Wildman–Crippen LogP) is 4.86. The molecule has 0 bridgehead atoms. The van der Waals surface area contributed by atoms with Crippen molar-refractivity contribution in [3.8, 4) is 0 Å². The summed E-state index contributed by atoms with van der Waals surface area (Å²) in [6.07, 6.45) is 9.62. The van der Waals surface area contributed by atoms with Gasteiger partial charge in [-0.1, -0.05) is 47.0 Å². The summed E-state index contributed by atoms with van der Waals surface area (Å²) in [5, 5.41) is 4.68. The van der Waals surface area contributed by atoms with Gasteiger partial charge in [0.2, 0.25) is 0 Å². The maximum absolute atomic E-state index is 3.83. The first kappa shape index (κ1) is 16.4. The van der Waals surface area contributed by atoms with Crippen LogP contribution in [0.3, 0.4) is 0 Å². The molecule has 0 aromatic rings. The quantitative estimate of drug-likeness (QED) is 0.633. The fourth-order valence-corrected chi connectivity index (χ4v) is 4.72. The van der Waals surface area contributed by atoms with Crippen molar-refractivity contribution in [3.63, 3.8) is 0 Å². The van der Waals surface area contributed by atoms with Crippen LogP contribution in [0, 0.1) is 5.41 Å². The SMILES string of the molecule is CCCCCSC1CCCC(C)(C)C1NCCC. The molecule has 0 aromatic carbocycles. The second kappa shape index (κ2) is 8.47. The van der Waals surface area contributed by atoms with Crippen molar-refractivity contribution in [1.29, 1.82) is 0 Å². The molecule has 0 saturated heterocycles. The molecule has 1 fully saturated rings. The maximum Gasteiger partial charge on any atom is 0.0237 e. The average Bonchev–Trinajstić information content (AvgIpc) is 2.33. The molecule has 0 aliphatic heterocycles. The van der Waals surface area contributed by atoms with Crippen LogP contribution in [-0.2, 0) is 0 Å². The summed E-state index contributed by atoms with van der Waals surface area (Å²) in [5.74, 6) is 1.36. The topological polar surface area (TPSA) is 12.0 Å². The van der Waals surface area contributed by atoms with E-state index < -0.39 is 0 Å². The van der Waals surface area contributed by atoms with E-state index in [0.717, 1.165) is 11.3 Å². The van der Waals surface area contributed by atoms with Crippen LogP contribution in [-0.4, -0.2) is 23.6 Å². The van der Waals surface area contributed by atoms with Gasteiger partial charge in [0, 0.05) is 11.3 Å². The van der Waals surface area contributed by atoms with Gasteiger partial charge in [0.25, 0.3) is 0 Å². The lowest BCUT2D eigenvalue weighted by atomic mass is 9.73. The van der Waals surface area contributed by atoms with E-state index in [1.807, 2.05) is 0 Å². The van der Waals surface area contributed by atoms with E-state index in [2.05, 4.69) is 44.8 Å². The number of rotatable bonds is 8. The Morgan fingerprint density at radius 2 is 1.94 bits per heavy atom. The van der Waals surface area contributed by atoms with Gasteiger partial charge < -0.3 is 5.32 Å². The largest absolute Gasteiger partial charge is 0.312 e. The van der Waals surface area contributed by atoms with E-state index in [4.69, 9.17) is 0 Å². The second-order valence-electron chi connectivity index (χ2n) is 6.43. The highest BCUT2D eigenvalue weighted by atomic mass is 32.2. The number of hydrogen-bond acceptors (Lipinski definition) is 2. The molecule has 18 heavy (non-hydrogen) atoms. The molecule has 2 heteroatoms. The Morgan fingerprint density at radius 1 is 1.17 bits per heavy atom. The summed E-state index contributed by atoms with van der Waals surface area (Å²) < 4.78 is 0. The lowest BCUT2D eigenvalue weighted by Gasteiger charge is -2.44. The summed E-state index contributed by atoms with van der Waals surface area (Å²) in [5.41, 5.74) is 0.482. The Morgan fingerprint density at radius 3 is 2.61 bits per heavy atom. The molecule has 2 atom stereocenters. The third-order valence-electron chi connectivity index (χ3n) is 4.22. The summed E-state index contributed by atoms with van der Waals surface area (Å²) in [7, 11) is 0. The zero-order chi connectivity index (χ0) is 13.4. The minimum absolute atomic E-state index is 0.482. The van der Waals surface area contributed by atoms with E-state index in [9.17, 15) is 0 Å². The fraction of sp³-hybridized carbons (Fsp3) is 1.00. The van der Waals surface area contributed by atoms with Crippen LogP contribution in [0.15, 0.2) is 0 Å². The van der Waals surface area contributed by atoms with Gasteiger partial charge in [0.15, 0.2) is 0 Å². The number of unbranched alkanes of at least 4 members (excludes halogenated alkanes) is 2. The van der Waals surface area contributed by atoms with Crippen LogP contribution >= 0.6 is 11.8 Å². The molecule has 0 amide bonds. The predicted molar refractivity (Wildman–Crippen MR) is 85.5 cm³/mol. The molecule has 0 heterocycles. The lowest BCUT2D eigenvalue weighted by molar-refractivity contribution is 0.175. The first-order chi connectivity index (χ1) is 8.61. The summed E-state index contributed by atoms with van der Waals surface area (Å²) in [4.78, 5) is 0. The zero-order valence-electron chi connectivity index (χ0n) is 12.9. The van der Waals surface area contributed by atoms with Crippen LogP contribution < -0.4 is 5.32 Å². The maximum atomic E-state index is 3.83. The van der Waals surface area contributed by atoms with Crippen LogP contribution in [0.25, 0.3) is 0 Å². The van der Waals surface area contributed by atoms with Gasteiger partial charge >= 0.3 is 0 Å². The average molecular weight is 272 g/mol. The molecule has 1 rings (SSSR count). The first-order valence-electron chi connectivity index (χ1n) is 7.96. The molecular formula is C16H33NS. The number of nitrogens with one attached hydrogen (secondary N) is 1. The first-order valence-corrected chi connectivity index (χ1v) is 9.01. The van der Waals surface area contributed by atoms with Crippen molar-refractivity contribution < 1.29 is 0 Å². The molecule has 1 saturated carbocycles. The Hall–Kier alpha value is 0.310. The third-order valence-corrected chi connectivity index (χ3v) is 5.68. The summed E-state index contributed by atoms with van der Waals surface area (Å²) in [6.45, 7) is 10.7. The van der Waals surface area contributed by atoms with Gasteiger partial charge in [-0.15, -0.1) is 0 Å². The standard InChI is InChI=1S/C16H33NS/c1-5-7-8-13-18-14-10-9-11-16(3,4)15(14)17-12-6-2/h14-15,17H,5-13H2,1-4H3. The fourth-order valence-electron chi connectivity index (χ4n) is 3.06. The molecule has 0 spiro atoms. The monoisotopic (exact) mass is 271 g/mol. The van der Waals surface area contributed by atoms with Gasteiger partial charge in [-0.25, -0.2) is 0 Å². The molecule has 1 nitrogen and oxygen atoms in total. The van der Waals surface area contributed by atoms with Gasteiger partial charge in [0.1, 0.15) is 0 Å². The molecule has 1 aliphatic carbocycles. The molecule has 108 valence electrons. The Balaban J connectivity index is 2.45. The zero-order valence-corrected chi connectivity index (χ0v) is 13.7. The van der Waals surface area contributed by atoms with E-state index in [1.54, 1.807) is 0 Å². The molecule has 0 radical (unpaired) electrons. The van der Waals surface area contributed by atoms with Crippen LogP contribution in [0.2, 0.25) is 0 Å². The highest BCUT2D eigenvalue weighted by Crippen LogP contribution is 2.40. The minimum atomic E-state index is 0.482. The van der Waals surface area contributed by atoms with Crippen molar-refractivity contribution in [2.75, 3.05) is 12.3 Å². The highest BCUT2D eigenvalue weighted by molar-refractivity contribution is 7.99. The van der Waals surface area contributed by atoms with Gasteiger partial charge in [-0.3, -0.25) is 0 Å². The van der Waals surface area contributed by atoms with Crippen LogP contribution in [0.4, 0.5) is 0 Å². The smallest absolute Gasteiger partial charge is 0.0237 e. The van der Waals surface area contributed by atoms with Crippen LogP contribution in [0.5, 0.6) is 0 Å². The molecule has 0 aromatic heterocycles. The summed E-state index contributed by atoms with van der Waals surface area (Å²) in [6, 6.07) is 0.720. The molecule has 2 unspecified atom stereocenters.